The van der Waals surface area contributed by atoms with Crippen LogP contribution >= 0.6 is 0 Å². The van der Waals surface area contributed by atoms with E-state index in [1.165, 1.54) is 6.08 Å². The van der Waals surface area contributed by atoms with Gasteiger partial charge in [0.2, 0.25) is 0 Å². The molecule has 1 saturated heterocycles. The van der Waals surface area contributed by atoms with Gasteiger partial charge in [-0.3, -0.25) is 4.79 Å². The lowest BCUT2D eigenvalue weighted by atomic mass is 9.95. The van der Waals surface area contributed by atoms with Crippen LogP contribution in [-0.4, -0.2) is 28.2 Å². The van der Waals surface area contributed by atoms with Crippen LogP contribution in [-0.2, 0) is 9.53 Å². The lowest BCUT2D eigenvalue weighted by molar-refractivity contribution is -0.132. The predicted molar refractivity (Wildman–Crippen MR) is 44.8 cm³/mol. The van der Waals surface area contributed by atoms with Crippen molar-refractivity contribution in [3.8, 4) is 0 Å². The first kappa shape index (κ1) is 9.42. The average molecular weight is 170 g/mol. The fourth-order valence-corrected chi connectivity index (χ4v) is 1.40. The molecule has 1 rings (SSSR count). The molecule has 0 aromatic heterocycles. The molecule has 1 N–H and O–H groups in total. The van der Waals surface area contributed by atoms with Crippen molar-refractivity contribution in [1.82, 2.24) is 0 Å². The second-order valence-corrected chi connectivity index (χ2v) is 3.77. The SMILES string of the molecule is C=CC1(C)OC(C)(C)C(=O)C1O. The summed E-state index contributed by atoms with van der Waals surface area (Å²) in [6.45, 7) is 8.47. The summed E-state index contributed by atoms with van der Waals surface area (Å²) in [6, 6.07) is 0. The summed E-state index contributed by atoms with van der Waals surface area (Å²) >= 11 is 0. The van der Waals surface area contributed by atoms with Gasteiger partial charge in [-0.15, -0.1) is 6.58 Å². The van der Waals surface area contributed by atoms with E-state index >= 15 is 0 Å². The van der Waals surface area contributed by atoms with Crippen LogP contribution in [0.15, 0.2) is 12.7 Å². The van der Waals surface area contributed by atoms with Crippen LogP contribution in [0, 0.1) is 0 Å². The van der Waals surface area contributed by atoms with Gasteiger partial charge in [0.15, 0.2) is 5.78 Å². The third-order valence-electron chi connectivity index (χ3n) is 2.27. The van der Waals surface area contributed by atoms with Gasteiger partial charge in [-0.2, -0.15) is 0 Å². The van der Waals surface area contributed by atoms with Gasteiger partial charge in [0, 0.05) is 0 Å². The average Bonchev–Trinajstić information content (AvgIpc) is 2.13. The molecule has 0 radical (unpaired) electrons. The lowest BCUT2D eigenvalue weighted by Gasteiger charge is -2.23. The van der Waals surface area contributed by atoms with E-state index in [2.05, 4.69) is 6.58 Å². The monoisotopic (exact) mass is 170 g/mol. The molecule has 3 nitrogen and oxygen atoms in total. The number of ketones is 1. The quantitative estimate of drug-likeness (QED) is 0.588. The van der Waals surface area contributed by atoms with Crippen molar-refractivity contribution in [3.05, 3.63) is 12.7 Å². The summed E-state index contributed by atoms with van der Waals surface area (Å²) in [4.78, 5) is 11.4. The molecule has 2 atom stereocenters. The van der Waals surface area contributed by atoms with Crippen molar-refractivity contribution in [2.24, 2.45) is 0 Å². The topological polar surface area (TPSA) is 46.5 Å². The van der Waals surface area contributed by atoms with Crippen LogP contribution in [0.2, 0.25) is 0 Å². The highest BCUT2D eigenvalue weighted by atomic mass is 16.6. The molecule has 1 heterocycles. The molecule has 1 aliphatic rings. The largest absolute Gasteiger partial charge is 0.382 e. The van der Waals surface area contributed by atoms with Crippen LogP contribution in [0.3, 0.4) is 0 Å². The van der Waals surface area contributed by atoms with Crippen LogP contribution in [0.5, 0.6) is 0 Å². The second kappa shape index (κ2) is 2.41. The molecule has 0 bridgehead atoms. The number of ether oxygens (including phenoxy) is 1. The van der Waals surface area contributed by atoms with E-state index in [1.807, 2.05) is 0 Å². The first-order valence-electron chi connectivity index (χ1n) is 3.89. The zero-order valence-electron chi connectivity index (χ0n) is 7.63. The molecule has 0 saturated carbocycles. The number of rotatable bonds is 1. The van der Waals surface area contributed by atoms with Crippen molar-refractivity contribution in [2.75, 3.05) is 0 Å². The van der Waals surface area contributed by atoms with E-state index in [4.69, 9.17) is 4.74 Å². The highest BCUT2D eigenvalue weighted by Gasteiger charge is 2.53. The Labute approximate surface area is 72.0 Å². The summed E-state index contributed by atoms with van der Waals surface area (Å²) in [6.07, 6.45) is 0.370. The maximum Gasteiger partial charge on any atom is 0.195 e. The van der Waals surface area contributed by atoms with Crippen molar-refractivity contribution in [2.45, 2.75) is 38.1 Å². The van der Waals surface area contributed by atoms with Crippen molar-refractivity contribution in [3.63, 3.8) is 0 Å². The van der Waals surface area contributed by atoms with Crippen LogP contribution in [0.4, 0.5) is 0 Å². The summed E-state index contributed by atoms with van der Waals surface area (Å²) in [5.41, 5.74) is -1.83. The van der Waals surface area contributed by atoms with E-state index in [0.717, 1.165) is 0 Å². The molecule has 1 aliphatic heterocycles. The predicted octanol–water partition coefficient (Wildman–Crippen LogP) is 0.670. The molecule has 0 aliphatic carbocycles. The van der Waals surface area contributed by atoms with Gasteiger partial charge in [0.05, 0.1) is 0 Å². The van der Waals surface area contributed by atoms with Crippen LogP contribution < -0.4 is 0 Å². The fourth-order valence-electron chi connectivity index (χ4n) is 1.40. The molecule has 0 aromatic carbocycles. The normalized spacial score (nSPS) is 40.0. The summed E-state index contributed by atoms with van der Waals surface area (Å²) in [7, 11) is 0. The lowest BCUT2D eigenvalue weighted by Crippen LogP contribution is -2.36. The number of carbonyl (C=O) groups excluding carboxylic acids is 1. The number of carbonyl (C=O) groups is 1. The van der Waals surface area contributed by atoms with E-state index in [9.17, 15) is 9.90 Å². The minimum absolute atomic E-state index is 0.287. The smallest absolute Gasteiger partial charge is 0.195 e. The number of Topliss-reactive ketones (excluding diaryl/α,β-unsaturated/α-hetero) is 1. The van der Waals surface area contributed by atoms with Crippen molar-refractivity contribution < 1.29 is 14.6 Å². The fraction of sp³-hybridized carbons (Fsp3) is 0.667. The van der Waals surface area contributed by atoms with E-state index in [0.29, 0.717) is 0 Å². The highest BCUT2D eigenvalue weighted by molar-refractivity contribution is 5.93. The molecule has 2 unspecified atom stereocenters. The number of hydrogen-bond donors (Lipinski definition) is 1. The van der Waals surface area contributed by atoms with Gasteiger partial charge in [0.1, 0.15) is 17.3 Å². The Morgan fingerprint density at radius 1 is 1.58 bits per heavy atom. The number of hydrogen-bond acceptors (Lipinski definition) is 3. The molecule has 1 fully saturated rings. The Balaban J connectivity index is 3.03. The summed E-state index contributed by atoms with van der Waals surface area (Å²) in [5.74, 6) is -0.287. The molecule has 12 heavy (non-hydrogen) atoms. The third kappa shape index (κ3) is 1.09. The maximum atomic E-state index is 11.4. The van der Waals surface area contributed by atoms with E-state index < -0.39 is 17.3 Å². The molecule has 0 aromatic rings. The Morgan fingerprint density at radius 3 is 2.25 bits per heavy atom. The summed E-state index contributed by atoms with van der Waals surface area (Å²) < 4.78 is 5.39. The van der Waals surface area contributed by atoms with Crippen molar-refractivity contribution in [1.29, 1.82) is 0 Å². The Hall–Kier alpha value is -0.670. The highest BCUT2D eigenvalue weighted by Crippen LogP contribution is 2.35. The second-order valence-electron chi connectivity index (χ2n) is 3.77. The van der Waals surface area contributed by atoms with Gasteiger partial charge in [-0.25, -0.2) is 0 Å². The van der Waals surface area contributed by atoms with E-state index in [-0.39, 0.29) is 5.78 Å². The first-order valence-corrected chi connectivity index (χ1v) is 3.89. The minimum Gasteiger partial charge on any atom is -0.382 e. The van der Waals surface area contributed by atoms with Crippen LogP contribution in [0.1, 0.15) is 20.8 Å². The molecule has 0 spiro atoms. The van der Waals surface area contributed by atoms with Crippen molar-refractivity contribution >= 4 is 5.78 Å². The summed E-state index contributed by atoms with van der Waals surface area (Å²) in [5, 5.41) is 9.51. The number of aliphatic hydroxyl groups excluding tert-OH is 1. The van der Waals surface area contributed by atoms with Gasteiger partial charge >= 0.3 is 0 Å². The van der Waals surface area contributed by atoms with Gasteiger partial charge in [-0.1, -0.05) is 6.08 Å². The molecule has 68 valence electrons. The first-order chi connectivity index (χ1) is 5.33. The standard InChI is InChI=1S/C9H14O3/c1-5-9(4)7(11)6(10)8(2,3)12-9/h5,7,11H,1H2,2-4H3. The Kier molecular flexibility index (Phi) is 1.89. The van der Waals surface area contributed by atoms with E-state index in [1.54, 1.807) is 20.8 Å². The molecule has 3 heteroatoms. The Morgan fingerprint density at radius 2 is 2.08 bits per heavy atom. The molecular weight excluding hydrogens is 156 g/mol. The van der Waals surface area contributed by atoms with Crippen LogP contribution in [0.25, 0.3) is 0 Å². The third-order valence-corrected chi connectivity index (χ3v) is 2.27. The van der Waals surface area contributed by atoms with Gasteiger partial charge in [-0.05, 0) is 20.8 Å². The van der Waals surface area contributed by atoms with Gasteiger partial charge in [0.25, 0.3) is 0 Å². The maximum absolute atomic E-state index is 11.4. The number of aliphatic hydroxyl groups is 1. The Bertz CT molecular complexity index is 232. The zero-order valence-corrected chi connectivity index (χ0v) is 7.63. The minimum atomic E-state index is -1.09. The zero-order chi connectivity index (χ0) is 9.57. The molecule has 0 amide bonds. The molecular formula is C9H14O3. The van der Waals surface area contributed by atoms with Gasteiger partial charge < -0.3 is 9.84 Å².